The van der Waals surface area contributed by atoms with E-state index in [9.17, 15) is 9.90 Å². The van der Waals surface area contributed by atoms with E-state index < -0.39 is 0 Å². The Labute approximate surface area is 215 Å². The Morgan fingerprint density at radius 2 is 1.89 bits per heavy atom. The zero-order valence-corrected chi connectivity index (χ0v) is 23.7. The van der Waals surface area contributed by atoms with Gasteiger partial charge in [0.1, 0.15) is 6.10 Å². The number of hydrogen-bond acceptors (Lipinski definition) is 3. The number of esters is 1. The summed E-state index contributed by atoms with van der Waals surface area (Å²) in [5.74, 6) is 4.49. The fourth-order valence-electron chi connectivity index (χ4n) is 9.41. The van der Waals surface area contributed by atoms with E-state index in [1.165, 1.54) is 50.5 Å². The first kappa shape index (κ1) is 27.2. The highest BCUT2D eigenvalue weighted by molar-refractivity contribution is 5.69. The van der Waals surface area contributed by atoms with Gasteiger partial charge in [-0.15, -0.1) is 0 Å². The lowest BCUT2D eigenvalue weighted by atomic mass is 9.46. The first-order valence-corrected chi connectivity index (χ1v) is 15.2. The number of fused-ring (bicyclic) bond motifs is 5. The van der Waals surface area contributed by atoms with Gasteiger partial charge in [-0.05, 0) is 85.9 Å². The van der Waals surface area contributed by atoms with E-state index >= 15 is 0 Å². The van der Waals surface area contributed by atoms with Crippen LogP contribution in [0.2, 0.25) is 0 Å². The average Bonchev–Trinajstić information content (AvgIpc) is 3.15. The Morgan fingerprint density at radius 1 is 1.11 bits per heavy atom. The maximum atomic E-state index is 12.7. The van der Waals surface area contributed by atoms with Gasteiger partial charge in [-0.3, -0.25) is 4.79 Å². The molecule has 0 radical (unpaired) electrons. The molecule has 200 valence electrons. The second-order valence-corrected chi connectivity index (χ2v) is 13.8. The Hall–Kier alpha value is -0.830. The quantitative estimate of drug-likeness (QED) is 0.264. The number of allylic oxidation sites excluding steroid dienone is 1. The summed E-state index contributed by atoms with van der Waals surface area (Å²) in [6.45, 7) is 14.4. The summed E-state index contributed by atoms with van der Waals surface area (Å²) in [4.78, 5) is 12.7. The van der Waals surface area contributed by atoms with Gasteiger partial charge in [-0.25, -0.2) is 0 Å². The predicted octanol–water partition coefficient (Wildman–Crippen LogP) is 8.10. The molecule has 0 aromatic carbocycles. The van der Waals surface area contributed by atoms with Crippen LogP contribution < -0.4 is 0 Å². The molecule has 4 aliphatic rings. The van der Waals surface area contributed by atoms with Crippen molar-refractivity contribution < 1.29 is 14.6 Å². The first-order valence-electron chi connectivity index (χ1n) is 15.2. The SMILES string of the molecule is CCCCC(=O)OC1C[C@H](O)CC2=CC[C@H]3[C@@H]4CC[C@H]([C@H](C)CCCC(C)C)[C@@]4(C)CC[C@@H]3[C@]21C. The normalized spacial score (nSPS) is 41.5. The smallest absolute Gasteiger partial charge is 0.306 e. The molecule has 3 saturated carbocycles. The van der Waals surface area contributed by atoms with Gasteiger partial charge < -0.3 is 9.84 Å². The molecule has 3 heteroatoms. The van der Waals surface area contributed by atoms with Gasteiger partial charge >= 0.3 is 5.97 Å². The second-order valence-electron chi connectivity index (χ2n) is 13.8. The molecule has 4 aliphatic carbocycles. The summed E-state index contributed by atoms with van der Waals surface area (Å²) < 4.78 is 6.20. The summed E-state index contributed by atoms with van der Waals surface area (Å²) in [5.41, 5.74) is 1.74. The van der Waals surface area contributed by atoms with E-state index in [0.29, 0.717) is 30.1 Å². The molecule has 1 unspecified atom stereocenters. The van der Waals surface area contributed by atoms with E-state index in [1.807, 2.05) is 0 Å². The number of carbonyl (C=O) groups is 1. The Kier molecular flexibility index (Phi) is 8.46. The third-order valence-corrected chi connectivity index (χ3v) is 11.4. The van der Waals surface area contributed by atoms with E-state index in [0.717, 1.165) is 49.4 Å². The number of aliphatic hydroxyl groups is 1. The second kappa shape index (κ2) is 10.9. The standard InChI is InChI=1S/C32H54O3/c1-7-8-12-30(34)35-29-20-24(33)19-23-13-14-25-27-16-15-26(22(4)11-9-10-21(2)3)31(27,5)18-17-28(25)32(23,29)6/h13,21-22,24-29,33H,7-12,14-20H2,1-6H3/t22-,24-,25+,26-,27+,28+,29?,31-,32+/m1/s1. The summed E-state index contributed by atoms with van der Waals surface area (Å²) in [7, 11) is 0. The number of aliphatic hydroxyl groups excluding tert-OH is 1. The van der Waals surface area contributed by atoms with Gasteiger partial charge in [0.2, 0.25) is 0 Å². The van der Waals surface area contributed by atoms with E-state index in [1.54, 1.807) is 0 Å². The molecule has 0 bridgehead atoms. The summed E-state index contributed by atoms with van der Waals surface area (Å²) in [5, 5.41) is 10.7. The molecule has 0 spiro atoms. The zero-order valence-electron chi connectivity index (χ0n) is 23.7. The fraction of sp³-hybridized carbons (Fsp3) is 0.906. The lowest BCUT2D eigenvalue weighted by Crippen LogP contribution is -2.56. The molecule has 0 aromatic heterocycles. The monoisotopic (exact) mass is 486 g/mol. The molecule has 3 nitrogen and oxygen atoms in total. The van der Waals surface area contributed by atoms with Crippen LogP contribution >= 0.6 is 0 Å². The highest BCUT2D eigenvalue weighted by atomic mass is 16.5. The first-order chi connectivity index (χ1) is 16.6. The molecular weight excluding hydrogens is 432 g/mol. The van der Waals surface area contributed by atoms with E-state index in [4.69, 9.17) is 4.74 Å². The van der Waals surface area contributed by atoms with Crippen LogP contribution in [0.4, 0.5) is 0 Å². The molecule has 35 heavy (non-hydrogen) atoms. The minimum absolute atomic E-state index is 0.0644. The number of rotatable bonds is 9. The number of ether oxygens (including phenoxy) is 1. The van der Waals surface area contributed by atoms with Crippen LogP contribution in [0.5, 0.6) is 0 Å². The van der Waals surface area contributed by atoms with Crippen LogP contribution in [0.15, 0.2) is 11.6 Å². The van der Waals surface area contributed by atoms with Crippen molar-refractivity contribution in [3.8, 4) is 0 Å². The third kappa shape index (κ3) is 5.14. The van der Waals surface area contributed by atoms with Gasteiger partial charge in [0, 0.05) is 18.3 Å². The fourth-order valence-corrected chi connectivity index (χ4v) is 9.41. The van der Waals surface area contributed by atoms with Crippen molar-refractivity contribution in [3.63, 3.8) is 0 Å². The molecule has 9 atom stereocenters. The summed E-state index contributed by atoms with van der Waals surface area (Å²) in [6, 6.07) is 0. The predicted molar refractivity (Wildman–Crippen MR) is 144 cm³/mol. The number of carbonyl (C=O) groups excluding carboxylic acids is 1. The Bertz CT molecular complexity index is 771. The Morgan fingerprint density at radius 3 is 2.60 bits per heavy atom. The van der Waals surface area contributed by atoms with Gasteiger partial charge in [-0.1, -0.05) is 78.9 Å². The van der Waals surface area contributed by atoms with Gasteiger partial charge in [0.25, 0.3) is 0 Å². The van der Waals surface area contributed by atoms with Crippen LogP contribution in [0.25, 0.3) is 0 Å². The summed E-state index contributed by atoms with van der Waals surface area (Å²) >= 11 is 0. The maximum Gasteiger partial charge on any atom is 0.306 e. The van der Waals surface area contributed by atoms with Crippen molar-refractivity contribution in [2.45, 2.75) is 137 Å². The van der Waals surface area contributed by atoms with Gasteiger partial charge in [0.05, 0.1) is 6.10 Å². The van der Waals surface area contributed by atoms with Crippen LogP contribution in [0, 0.1) is 46.3 Å². The summed E-state index contributed by atoms with van der Waals surface area (Å²) in [6.07, 6.45) is 16.3. The van der Waals surface area contributed by atoms with Crippen molar-refractivity contribution in [1.82, 2.24) is 0 Å². The molecule has 1 N–H and O–H groups in total. The lowest BCUT2D eigenvalue weighted by molar-refractivity contribution is -0.169. The van der Waals surface area contributed by atoms with E-state index in [-0.39, 0.29) is 23.6 Å². The average molecular weight is 487 g/mol. The van der Waals surface area contributed by atoms with Gasteiger partial charge in [0.15, 0.2) is 0 Å². The topological polar surface area (TPSA) is 46.5 Å². The van der Waals surface area contributed by atoms with Crippen molar-refractivity contribution in [2.24, 2.45) is 46.3 Å². The lowest BCUT2D eigenvalue weighted by Gasteiger charge is -2.60. The van der Waals surface area contributed by atoms with Crippen molar-refractivity contribution >= 4 is 5.97 Å². The molecule has 0 heterocycles. The molecule has 0 amide bonds. The molecule has 0 saturated heterocycles. The largest absolute Gasteiger partial charge is 0.461 e. The molecular formula is C32H54O3. The van der Waals surface area contributed by atoms with Crippen LogP contribution in [-0.2, 0) is 9.53 Å². The highest BCUT2D eigenvalue weighted by Crippen LogP contribution is 2.67. The maximum absolute atomic E-state index is 12.7. The minimum Gasteiger partial charge on any atom is -0.461 e. The third-order valence-electron chi connectivity index (χ3n) is 11.4. The number of hydrogen-bond donors (Lipinski definition) is 1. The van der Waals surface area contributed by atoms with Crippen molar-refractivity contribution in [2.75, 3.05) is 0 Å². The minimum atomic E-state index is -0.383. The molecule has 0 aliphatic heterocycles. The van der Waals surface area contributed by atoms with Crippen LogP contribution in [-0.4, -0.2) is 23.3 Å². The Balaban J connectivity index is 1.52. The van der Waals surface area contributed by atoms with Crippen LogP contribution in [0.1, 0.15) is 125 Å². The number of unbranched alkanes of at least 4 members (excludes halogenated alkanes) is 1. The highest BCUT2D eigenvalue weighted by Gasteiger charge is 2.61. The molecule has 4 rings (SSSR count). The van der Waals surface area contributed by atoms with Crippen molar-refractivity contribution in [1.29, 1.82) is 0 Å². The van der Waals surface area contributed by atoms with Crippen LogP contribution in [0.3, 0.4) is 0 Å². The molecule has 0 aromatic rings. The van der Waals surface area contributed by atoms with Gasteiger partial charge in [-0.2, -0.15) is 0 Å². The van der Waals surface area contributed by atoms with Crippen molar-refractivity contribution in [3.05, 3.63) is 11.6 Å². The molecule has 3 fully saturated rings. The van der Waals surface area contributed by atoms with E-state index in [2.05, 4.69) is 47.6 Å². The zero-order chi connectivity index (χ0) is 25.4.